The molecule has 1 aromatic heterocycles. The molecule has 1 amide bonds. The molecule has 0 bridgehead atoms. The van der Waals surface area contributed by atoms with E-state index in [2.05, 4.69) is 5.10 Å². The molecule has 2 aromatic rings. The quantitative estimate of drug-likeness (QED) is 0.850. The number of hydrogen-bond donors (Lipinski definition) is 1. The van der Waals surface area contributed by atoms with E-state index in [1.807, 2.05) is 0 Å². The SMILES string of the molecule is NC(=O)c1cnn(-c2c(Cl)cc(F)cc2Cl)c1C(F)(F)F. The Balaban J connectivity index is 2.80. The van der Waals surface area contributed by atoms with Crippen molar-refractivity contribution in [2.24, 2.45) is 5.73 Å². The number of amides is 1. The summed E-state index contributed by atoms with van der Waals surface area (Å²) in [6.45, 7) is 0. The van der Waals surface area contributed by atoms with Gasteiger partial charge in [-0.05, 0) is 12.1 Å². The zero-order valence-corrected chi connectivity index (χ0v) is 11.4. The minimum Gasteiger partial charge on any atom is -0.365 e. The molecular formula is C11H5Cl2F4N3O. The van der Waals surface area contributed by atoms with Crippen molar-refractivity contribution in [1.82, 2.24) is 9.78 Å². The summed E-state index contributed by atoms with van der Waals surface area (Å²) < 4.78 is 52.7. The third kappa shape index (κ3) is 2.81. The van der Waals surface area contributed by atoms with Gasteiger partial charge < -0.3 is 5.73 Å². The fourth-order valence-corrected chi connectivity index (χ4v) is 2.33. The number of rotatable bonds is 2. The molecule has 0 fully saturated rings. The van der Waals surface area contributed by atoms with Crippen LogP contribution in [0.1, 0.15) is 16.1 Å². The van der Waals surface area contributed by atoms with Gasteiger partial charge in [0.05, 0.1) is 21.8 Å². The molecule has 4 nitrogen and oxygen atoms in total. The topological polar surface area (TPSA) is 60.9 Å². The molecule has 2 rings (SSSR count). The van der Waals surface area contributed by atoms with Gasteiger partial charge in [-0.3, -0.25) is 4.79 Å². The smallest absolute Gasteiger partial charge is 0.365 e. The second-order valence-corrected chi connectivity index (χ2v) is 4.71. The van der Waals surface area contributed by atoms with Crippen LogP contribution in [0.25, 0.3) is 5.69 Å². The summed E-state index contributed by atoms with van der Waals surface area (Å²) in [5.74, 6) is -2.15. The lowest BCUT2D eigenvalue weighted by Gasteiger charge is -2.14. The number of nitrogens with zero attached hydrogens (tertiary/aromatic N) is 2. The Labute approximate surface area is 125 Å². The molecule has 0 atom stereocenters. The summed E-state index contributed by atoms with van der Waals surface area (Å²) in [5, 5.41) is 2.63. The molecule has 0 saturated heterocycles. The normalized spacial score (nSPS) is 11.7. The van der Waals surface area contributed by atoms with Crippen LogP contribution < -0.4 is 5.73 Å². The Morgan fingerprint density at radius 3 is 2.19 bits per heavy atom. The van der Waals surface area contributed by atoms with Crippen molar-refractivity contribution < 1.29 is 22.4 Å². The van der Waals surface area contributed by atoms with Crippen molar-refractivity contribution in [1.29, 1.82) is 0 Å². The van der Waals surface area contributed by atoms with E-state index in [0.29, 0.717) is 10.9 Å². The monoisotopic (exact) mass is 341 g/mol. The molecule has 0 radical (unpaired) electrons. The number of hydrogen-bond acceptors (Lipinski definition) is 2. The van der Waals surface area contributed by atoms with E-state index in [4.69, 9.17) is 28.9 Å². The number of aromatic nitrogens is 2. The van der Waals surface area contributed by atoms with Gasteiger partial charge in [0, 0.05) is 0 Å². The minimum atomic E-state index is -4.94. The van der Waals surface area contributed by atoms with Gasteiger partial charge in [-0.25, -0.2) is 9.07 Å². The van der Waals surface area contributed by atoms with Gasteiger partial charge in [-0.1, -0.05) is 23.2 Å². The van der Waals surface area contributed by atoms with E-state index in [1.54, 1.807) is 0 Å². The van der Waals surface area contributed by atoms with Crippen LogP contribution in [0.2, 0.25) is 10.0 Å². The fraction of sp³-hybridized carbons (Fsp3) is 0.0909. The summed E-state index contributed by atoms with van der Waals surface area (Å²) in [6, 6.07) is 1.54. The van der Waals surface area contributed by atoms with Gasteiger partial charge in [0.1, 0.15) is 11.5 Å². The van der Waals surface area contributed by atoms with E-state index in [0.717, 1.165) is 12.1 Å². The number of primary amides is 1. The van der Waals surface area contributed by atoms with Crippen LogP contribution in [0.5, 0.6) is 0 Å². The highest BCUT2D eigenvalue weighted by Gasteiger charge is 2.40. The highest BCUT2D eigenvalue weighted by atomic mass is 35.5. The van der Waals surface area contributed by atoms with Gasteiger partial charge in [-0.2, -0.15) is 18.3 Å². The molecule has 1 aromatic carbocycles. The first kappa shape index (κ1) is 15.6. The Bertz CT molecular complexity index is 704. The standard InChI is InChI=1S/C11H5Cl2F4N3O/c12-6-1-4(14)2-7(13)8(6)20-9(11(15,16)17)5(3-19-20)10(18)21/h1-3H,(H2,18,21). The van der Waals surface area contributed by atoms with Crippen LogP contribution in [0, 0.1) is 5.82 Å². The number of carbonyl (C=O) groups excluding carboxylic acids is 1. The fourth-order valence-electron chi connectivity index (χ4n) is 1.71. The Kier molecular flexibility index (Phi) is 3.85. The second-order valence-electron chi connectivity index (χ2n) is 3.90. The third-order valence-electron chi connectivity index (χ3n) is 2.50. The molecule has 2 N–H and O–H groups in total. The average molecular weight is 342 g/mol. The first-order valence-electron chi connectivity index (χ1n) is 5.23. The summed E-state index contributed by atoms with van der Waals surface area (Å²) in [6.07, 6.45) is -4.30. The van der Waals surface area contributed by atoms with Crippen molar-refractivity contribution in [2.75, 3.05) is 0 Å². The molecule has 10 heteroatoms. The zero-order valence-electron chi connectivity index (χ0n) is 9.88. The van der Waals surface area contributed by atoms with E-state index in [1.165, 1.54) is 0 Å². The molecule has 0 saturated carbocycles. The maximum atomic E-state index is 13.1. The van der Waals surface area contributed by atoms with Gasteiger partial charge in [-0.15, -0.1) is 0 Å². The van der Waals surface area contributed by atoms with Gasteiger partial charge in [0.2, 0.25) is 0 Å². The average Bonchev–Trinajstić information content (AvgIpc) is 2.71. The lowest BCUT2D eigenvalue weighted by Crippen LogP contribution is -2.21. The number of alkyl halides is 3. The van der Waals surface area contributed by atoms with Crippen LogP contribution in [0.15, 0.2) is 18.3 Å². The maximum absolute atomic E-state index is 13.1. The van der Waals surface area contributed by atoms with E-state index < -0.39 is 44.9 Å². The largest absolute Gasteiger partial charge is 0.434 e. The zero-order chi connectivity index (χ0) is 15.9. The van der Waals surface area contributed by atoms with E-state index in [-0.39, 0.29) is 0 Å². The van der Waals surface area contributed by atoms with Crippen LogP contribution in [0.3, 0.4) is 0 Å². The van der Waals surface area contributed by atoms with Gasteiger partial charge >= 0.3 is 6.18 Å². The predicted octanol–water partition coefficient (Wildman–Crippen LogP) is 3.44. The van der Waals surface area contributed by atoms with Gasteiger partial charge in [0.15, 0.2) is 5.69 Å². The lowest BCUT2D eigenvalue weighted by molar-refractivity contribution is -0.143. The molecule has 1 heterocycles. The van der Waals surface area contributed by atoms with Crippen molar-refractivity contribution >= 4 is 29.1 Å². The Morgan fingerprint density at radius 1 is 1.24 bits per heavy atom. The lowest BCUT2D eigenvalue weighted by atomic mass is 10.2. The summed E-state index contributed by atoms with van der Waals surface area (Å²) in [4.78, 5) is 11.1. The molecule has 21 heavy (non-hydrogen) atoms. The van der Waals surface area contributed by atoms with Crippen molar-refractivity contribution in [3.8, 4) is 5.69 Å². The first-order chi connectivity index (χ1) is 9.62. The highest BCUT2D eigenvalue weighted by molar-refractivity contribution is 6.37. The predicted molar refractivity (Wildman–Crippen MR) is 67.1 cm³/mol. The van der Waals surface area contributed by atoms with Crippen molar-refractivity contribution in [3.05, 3.63) is 45.4 Å². The van der Waals surface area contributed by atoms with Crippen LogP contribution >= 0.6 is 23.2 Å². The molecule has 0 aliphatic carbocycles. The Morgan fingerprint density at radius 2 is 1.76 bits per heavy atom. The summed E-state index contributed by atoms with van der Waals surface area (Å²) in [5.41, 5.74) is 2.19. The molecule has 0 aliphatic rings. The van der Waals surface area contributed by atoms with Crippen LogP contribution in [0.4, 0.5) is 17.6 Å². The summed E-state index contributed by atoms with van der Waals surface area (Å²) in [7, 11) is 0. The maximum Gasteiger partial charge on any atom is 0.434 e. The van der Waals surface area contributed by atoms with Crippen molar-refractivity contribution in [2.45, 2.75) is 6.18 Å². The van der Waals surface area contributed by atoms with Gasteiger partial charge in [0.25, 0.3) is 5.91 Å². The minimum absolute atomic E-state index is 0.310. The first-order valence-corrected chi connectivity index (χ1v) is 5.98. The van der Waals surface area contributed by atoms with E-state index >= 15 is 0 Å². The molecule has 0 aliphatic heterocycles. The number of halogens is 6. The number of nitrogens with two attached hydrogens (primary N) is 1. The second kappa shape index (κ2) is 5.19. The molecular weight excluding hydrogens is 337 g/mol. The summed E-state index contributed by atoms with van der Waals surface area (Å²) >= 11 is 11.4. The molecule has 0 unspecified atom stereocenters. The van der Waals surface area contributed by atoms with Crippen molar-refractivity contribution in [3.63, 3.8) is 0 Å². The van der Waals surface area contributed by atoms with Crippen LogP contribution in [-0.2, 0) is 6.18 Å². The third-order valence-corrected chi connectivity index (χ3v) is 3.07. The number of carbonyl (C=O) groups is 1. The van der Waals surface area contributed by atoms with Crippen LogP contribution in [-0.4, -0.2) is 15.7 Å². The van der Waals surface area contributed by atoms with E-state index in [9.17, 15) is 22.4 Å². The highest BCUT2D eigenvalue weighted by Crippen LogP contribution is 2.37. The Hall–Kier alpha value is -1.80. The molecule has 0 spiro atoms. The number of benzene rings is 1. The molecule has 112 valence electrons.